The van der Waals surface area contributed by atoms with Crippen LogP contribution in [0.3, 0.4) is 0 Å². The molecular formula is C20H20N2O3. The summed E-state index contributed by atoms with van der Waals surface area (Å²) in [6.45, 7) is 6.51. The first-order valence-corrected chi connectivity index (χ1v) is 8.31. The van der Waals surface area contributed by atoms with Crippen molar-refractivity contribution < 1.29 is 13.9 Å². The van der Waals surface area contributed by atoms with E-state index in [1.807, 2.05) is 39.0 Å². The first-order valence-electron chi connectivity index (χ1n) is 8.31. The van der Waals surface area contributed by atoms with Crippen molar-refractivity contribution in [3.8, 4) is 0 Å². The minimum Gasteiger partial charge on any atom is -0.432 e. The van der Waals surface area contributed by atoms with Crippen molar-refractivity contribution in [3.05, 3.63) is 58.5 Å². The second kappa shape index (κ2) is 5.43. The normalized spacial score (nSPS) is 16.0. The molecule has 1 aliphatic heterocycles. The fourth-order valence-electron chi connectivity index (χ4n) is 3.41. The van der Waals surface area contributed by atoms with Crippen LogP contribution in [0.15, 0.2) is 34.7 Å². The van der Waals surface area contributed by atoms with Gasteiger partial charge in [0.25, 0.3) is 0 Å². The number of ether oxygens (including phenoxy) is 1. The number of aryl methyl sites for hydroxylation is 1. The fourth-order valence-corrected chi connectivity index (χ4v) is 3.41. The number of pyridine rings is 1. The minimum atomic E-state index is -0.291. The Bertz CT molecular complexity index is 987. The topological polar surface area (TPSA) is 78.4 Å². The van der Waals surface area contributed by atoms with Crippen LogP contribution in [0.5, 0.6) is 0 Å². The van der Waals surface area contributed by atoms with Gasteiger partial charge in [0.15, 0.2) is 0 Å². The van der Waals surface area contributed by atoms with E-state index in [2.05, 4.69) is 4.98 Å². The summed E-state index contributed by atoms with van der Waals surface area (Å²) < 4.78 is 11.7. The smallest absolute Gasteiger partial charge is 0.230 e. The monoisotopic (exact) mass is 336 g/mol. The molecule has 3 aromatic rings. The van der Waals surface area contributed by atoms with E-state index in [-0.39, 0.29) is 17.1 Å². The van der Waals surface area contributed by atoms with Gasteiger partial charge >= 0.3 is 0 Å². The second-order valence-corrected chi connectivity index (χ2v) is 7.10. The van der Waals surface area contributed by atoms with E-state index in [0.717, 1.165) is 22.2 Å². The molecular weight excluding hydrogens is 316 g/mol. The number of carbonyl (C=O) groups is 1. The van der Waals surface area contributed by atoms with Gasteiger partial charge in [0.05, 0.1) is 23.3 Å². The summed E-state index contributed by atoms with van der Waals surface area (Å²) >= 11 is 0. The van der Waals surface area contributed by atoms with Crippen molar-refractivity contribution in [2.24, 2.45) is 0 Å². The molecule has 2 N–H and O–H groups in total. The molecule has 0 aliphatic carbocycles. The molecule has 1 aromatic carbocycles. The van der Waals surface area contributed by atoms with E-state index < -0.39 is 0 Å². The number of benzene rings is 1. The number of nitrogen functional groups attached to an aromatic ring is 1. The molecule has 0 spiro atoms. The van der Waals surface area contributed by atoms with Crippen molar-refractivity contribution in [1.82, 2.24) is 4.98 Å². The maximum absolute atomic E-state index is 12.8. The Morgan fingerprint density at radius 2 is 1.92 bits per heavy atom. The lowest BCUT2D eigenvalue weighted by Crippen LogP contribution is -2.32. The number of ketones is 1. The number of carbonyl (C=O) groups excluding carboxylic acids is 1. The van der Waals surface area contributed by atoms with E-state index in [1.54, 1.807) is 12.1 Å². The molecule has 0 fully saturated rings. The number of furan rings is 1. The second-order valence-electron chi connectivity index (χ2n) is 7.10. The molecule has 3 heterocycles. The molecule has 0 amide bonds. The lowest BCUT2D eigenvalue weighted by molar-refractivity contribution is -0.0400. The van der Waals surface area contributed by atoms with E-state index in [4.69, 9.17) is 14.9 Å². The molecule has 0 unspecified atom stereocenters. The van der Waals surface area contributed by atoms with Gasteiger partial charge in [-0.05, 0) is 26.3 Å². The van der Waals surface area contributed by atoms with Crippen LogP contribution in [0.1, 0.15) is 46.8 Å². The average molecular weight is 336 g/mol. The standard InChI is InChI=1S/C20H20N2O3/c1-11-14-10-24-20(2,3)9-13(14)15-16(21)18(25-19(15)22-11)17(23)12-7-5-4-6-8-12/h4-8H,9-10,21H2,1-3H3. The summed E-state index contributed by atoms with van der Waals surface area (Å²) in [6.07, 6.45) is 0.699. The Morgan fingerprint density at radius 3 is 2.64 bits per heavy atom. The maximum Gasteiger partial charge on any atom is 0.230 e. The number of nitrogens with two attached hydrogens (primary N) is 1. The molecule has 4 rings (SSSR count). The number of anilines is 1. The Hall–Kier alpha value is -2.66. The van der Waals surface area contributed by atoms with Gasteiger partial charge in [0.2, 0.25) is 17.3 Å². The van der Waals surface area contributed by atoms with Crippen LogP contribution < -0.4 is 5.73 Å². The largest absolute Gasteiger partial charge is 0.432 e. The van der Waals surface area contributed by atoms with Gasteiger partial charge in [-0.2, -0.15) is 0 Å². The summed E-state index contributed by atoms with van der Waals surface area (Å²) in [6, 6.07) is 8.99. The van der Waals surface area contributed by atoms with Gasteiger partial charge in [-0.3, -0.25) is 4.79 Å². The van der Waals surface area contributed by atoms with E-state index in [9.17, 15) is 4.79 Å². The van der Waals surface area contributed by atoms with Gasteiger partial charge < -0.3 is 14.9 Å². The number of fused-ring (bicyclic) bond motifs is 3. The van der Waals surface area contributed by atoms with Crippen LogP contribution in [0.4, 0.5) is 5.69 Å². The van der Waals surface area contributed by atoms with Crippen LogP contribution >= 0.6 is 0 Å². The maximum atomic E-state index is 12.8. The molecule has 25 heavy (non-hydrogen) atoms. The number of aromatic nitrogens is 1. The number of rotatable bonds is 2. The SMILES string of the molecule is Cc1nc2oc(C(=O)c3ccccc3)c(N)c2c2c1COC(C)(C)C2. The molecule has 5 nitrogen and oxygen atoms in total. The summed E-state index contributed by atoms with van der Waals surface area (Å²) in [4.78, 5) is 17.3. The summed E-state index contributed by atoms with van der Waals surface area (Å²) in [5.74, 6) is -0.0698. The Kier molecular flexibility index (Phi) is 3.44. The highest BCUT2D eigenvalue weighted by Gasteiger charge is 2.32. The van der Waals surface area contributed by atoms with Crippen molar-refractivity contribution >= 4 is 22.6 Å². The molecule has 5 heteroatoms. The van der Waals surface area contributed by atoms with Gasteiger partial charge in [-0.1, -0.05) is 30.3 Å². The number of hydrogen-bond acceptors (Lipinski definition) is 5. The highest BCUT2D eigenvalue weighted by atomic mass is 16.5. The number of hydrogen-bond donors (Lipinski definition) is 1. The van der Waals surface area contributed by atoms with Crippen LogP contribution in [-0.4, -0.2) is 16.4 Å². The average Bonchev–Trinajstić information content (AvgIpc) is 2.90. The van der Waals surface area contributed by atoms with E-state index in [0.29, 0.717) is 30.0 Å². The zero-order valence-corrected chi connectivity index (χ0v) is 14.6. The molecule has 0 radical (unpaired) electrons. The van der Waals surface area contributed by atoms with Gasteiger partial charge in [0.1, 0.15) is 0 Å². The summed E-state index contributed by atoms with van der Waals surface area (Å²) in [5.41, 5.74) is 10.4. The molecule has 0 bridgehead atoms. The predicted molar refractivity (Wildman–Crippen MR) is 95.6 cm³/mol. The molecule has 0 atom stereocenters. The van der Waals surface area contributed by atoms with Crippen molar-refractivity contribution in [1.29, 1.82) is 0 Å². The van der Waals surface area contributed by atoms with Gasteiger partial charge in [-0.25, -0.2) is 4.98 Å². The molecule has 2 aromatic heterocycles. The zero-order valence-electron chi connectivity index (χ0n) is 14.6. The summed E-state index contributed by atoms with van der Waals surface area (Å²) in [7, 11) is 0. The van der Waals surface area contributed by atoms with Crippen LogP contribution in [0.2, 0.25) is 0 Å². The molecule has 1 aliphatic rings. The third kappa shape index (κ3) is 2.51. The lowest BCUT2D eigenvalue weighted by Gasteiger charge is -2.32. The first-order chi connectivity index (χ1) is 11.9. The quantitative estimate of drug-likeness (QED) is 0.720. The van der Waals surface area contributed by atoms with Gasteiger partial charge in [0, 0.05) is 23.2 Å². The Labute approximate surface area is 145 Å². The van der Waals surface area contributed by atoms with E-state index >= 15 is 0 Å². The van der Waals surface area contributed by atoms with Crippen LogP contribution in [-0.2, 0) is 17.8 Å². The fraction of sp³-hybridized carbons (Fsp3) is 0.300. The predicted octanol–water partition coefficient (Wildman–Crippen LogP) is 3.80. The lowest BCUT2D eigenvalue weighted by atomic mass is 9.89. The first kappa shape index (κ1) is 15.8. The molecule has 0 saturated carbocycles. The van der Waals surface area contributed by atoms with E-state index in [1.165, 1.54) is 0 Å². The number of nitrogens with zero attached hydrogens (tertiary/aromatic N) is 1. The summed E-state index contributed by atoms with van der Waals surface area (Å²) in [5, 5.41) is 0.747. The Morgan fingerprint density at radius 1 is 1.20 bits per heavy atom. The van der Waals surface area contributed by atoms with Crippen molar-refractivity contribution in [3.63, 3.8) is 0 Å². The molecule has 128 valence electrons. The third-order valence-electron chi connectivity index (χ3n) is 4.75. The van der Waals surface area contributed by atoms with Crippen LogP contribution in [0.25, 0.3) is 11.1 Å². The zero-order chi connectivity index (χ0) is 17.8. The molecule has 0 saturated heterocycles. The highest BCUT2D eigenvalue weighted by molar-refractivity contribution is 6.14. The third-order valence-corrected chi connectivity index (χ3v) is 4.75. The van der Waals surface area contributed by atoms with Crippen LogP contribution in [0, 0.1) is 6.92 Å². The van der Waals surface area contributed by atoms with Crippen molar-refractivity contribution in [2.45, 2.75) is 39.4 Å². The highest BCUT2D eigenvalue weighted by Crippen LogP contribution is 2.39. The minimum absolute atomic E-state index is 0.158. The Balaban J connectivity index is 1.93. The van der Waals surface area contributed by atoms with Crippen molar-refractivity contribution in [2.75, 3.05) is 5.73 Å². The van der Waals surface area contributed by atoms with Gasteiger partial charge in [-0.15, -0.1) is 0 Å².